The molecule has 1 atom stereocenters. The van der Waals surface area contributed by atoms with Gasteiger partial charge in [0.25, 0.3) is 0 Å². The first-order valence-electron chi connectivity index (χ1n) is 6.49. The second kappa shape index (κ2) is 6.56. The van der Waals surface area contributed by atoms with Gasteiger partial charge in [-0.25, -0.2) is 4.98 Å². The number of hydrogen-bond acceptors (Lipinski definition) is 4. The zero-order valence-electron chi connectivity index (χ0n) is 11.0. The summed E-state index contributed by atoms with van der Waals surface area (Å²) in [5, 5.41) is 3.25. The monoisotopic (exact) mass is 250 g/mol. The number of ether oxygens (including phenoxy) is 1. The molecule has 0 radical (unpaired) electrons. The number of hydrogen-bond donors (Lipinski definition) is 1. The van der Waals surface area contributed by atoms with Crippen molar-refractivity contribution in [3.63, 3.8) is 0 Å². The van der Waals surface area contributed by atoms with Crippen molar-refractivity contribution in [3.05, 3.63) is 25.0 Å². The predicted octanol–water partition coefficient (Wildman–Crippen LogP) is 1.37. The Kier molecular flexibility index (Phi) is 4.78. The van der Waals surface area contributed by atoms with Gasteiger partial charge in [0, 0.05) is 44.6 Å². The number of imidazole rings is 1. The molecule has 0 spiro atoms. The number of nitrogens with zero attached hydrogens (tertiary/aromatic N) is 3. The Morgan fingerprint density at radius 2 is 2.33 bits per heavy atom. The minimum atomic E-state index is 0.401. The third kappa shape index (κ3) is 3.34. The Morgan fingerprint density at radius 1 is 1.56 bits per heavy atom. The maximum Gasteiger partial charge on any atom is 0.203 e. The molecule has 0 amide bonds. The summed E-state index contributed by atoms with van der Waals surface area (Å²) in [7, 11) is 0. The zero-order valence-corrected chi connectivity index (χ0v) is 11.0. The van der Waals surface area contributed by atoms with Gasteiger partial charge in [-0.3, -0.25) is 4.90 Å². The number of aromatic nitrogens is 2. The van der Waals surface area contributed by atoms with Crippen LogP contribution in [0.5, 0.6) is 0 Å². The first-order chi connectivity index (χ1) is 8.81. The number of anilines is 1. The SMILES string of the molecule is C=CCNc1nccn1C(C)CN1CCOCC1. The third-order valence-corrected chi connectivity index (χ3v) is 3.17. The molecule has 100 valence electrons. The van der Waals surface area contributed by atoms with Gasteiger partial charge in [-0.1, -0.05) is 6.08 Å². The minimum Gasteiger partial charge on any atom is -0.379 e. The molecule has 2 rings (SSSR count). The average molecular weight is 250 g/mol. The number of morpholine rings is 1. The van der Waals surface area contributed by atoms with Gasteiger partial charge in [-0.2, -0.15) is 0 Å². The molecule has 2 heterocycles. The highest BCUT2D eigenvalue weighted by atomic mass is 16.5. The molecule has 5 nitrogen and oxygen atoms in total. The second-order valence-electron chi connectivity index (χ2n) is 4.59. The van der Waals surface area contributed by atoms with Gasteiger partial charge in [0.1, 0.15) is 0 Å². The van der Waals surface area contributed by atoms with Gasteiger partial charge < -0.3 is 14.6 Å². The summed E-state index contributed by atoms with van der Waals surface area (Å²) in [5.74, 6) is 0.913. The van der Waals surface area contributed by atoms with Crippen LogP contribution in [0.4, 0.5) is 5.95 Å². The Balaban J connectivity index is 1.92. The van der Waals surface area contributed by atoms with Gasteiger partial charge in [0.05, 0.1) is 13.2 Å². The van der Waals surface area contributed by atoms with Gasteiger partial charge in [-0.05, 0) is 6.92 Å². The molecular formula is C13H22N4O. The fraction of sp³-hybridized carbons (Fsp3) is 0.615. The van der Waals surface area contributed by atoms with Crippen molar-refractivity contribution < 1.29 is 4.74 Å². The maximum absolute atomic E-state index is 5.36. The zero-order chi connectivity index (χ0) is 12.8. The van der Waals surface area contributed by atoms with Gasteiger partial charge in [0.2, 0.25) is 5.95 Å². The van der Waals surface area contributed by atoms with Crippen molar-refractivity contribution in [1.82, 2.24) is 14.5 Å². The molecule has 1 aliphatic heterocycles. The lowest BCUT2D eigenvalue weighted by Gasteiger charge is -2.30. The molecule has 18 heavy (non-hydrogen) atoms. The third-order valence-electron chi connectivity index (χ3n) is 3.17. The van der Waals surface area contributed by atoms with Crippen molar-refractivity contribution in [1.29, 1.82) is 0 Å². The van der Waals surface area contributed by atoms with Gasteiger partial charge in [0.15, 0.2) is 0 Å². The van der Waals surface area contributed by atoms with E-state index in [0.717, 1.165) is 45.3 Å². The van der Waals surface area contributed by atoms with Crippen molar-refractivity contribution in [2.24, 2.45) is 0 Å². The fourth-order valence-electron chi connectivity index (χ4n) is 2.21. The first-order valence-corrected chi connectivity index (χ1v) is 6.49. The largest absolute Gasteiger partial charge is 0.379 e. The highest BCUT2D eigenvalue weighted by Crippen LogP contribution is 2.15. The lowest BCUT2D eigenvalue weighted by atomic mass is 10.3. The molecule has 0 saturated carbocycles. The highest BCUT2D eigenvalue weighted by Gasteiger charge is 2.16. The Hall–Kier alpha value is -1.33. The smallest absolute Gasteiger partial charge is 0.203 e. The molecule has 5 heteroatoms. The molecule has 1 aromatic rings. The fourth-order valence-corrected chi connectivity index (χ4v) is 2.21. The van der Waals surface area contributed by atoms with Crippen LogP contribution in [-0.4, -0.2) is 53.8 Å². The van der Waals surface area contributed by atoms with Crippen molar-refractivity contribution >= 4 is 5.95 Å². The highest BCUT2D eigenvalue weighted by molar-refractivity contribution is 5.27. The standard InChI is InChI=1S/C13H22N4O/c1-3-4-14-13-15-5-6-17(13)12(2)11-16-7-9-18-10-8-16/h3,5-6,12H,1,4,7-11H2,2H3,(H,14,15). The molecule has 0 aromatic carbocycles. The maximum atomic E-state index is 5.36. The summed E-state index contributed by atoms with van der Waals surface area (Å²) < 4.78 is 7.54. The van der Waals surface area contributed by atoms with E-state index in [0.29, 0.717) is 6.04 Å². The van der Waals surface area contributed by atoms with E-state index in [1.165, 1.54) is 0 Å². The predicted molar refractivity (Wildman–Crippen MR) is 72.9 cm³/mol. The average Bonchev–Trinajstić information content (AvgIpc) is 2.86. The molecule has 0 aliphatic carbocycles. The lowest BCUT2D eigenvalue weighted by molar-refractivity contribution is 0.0327. The first kappa shape index (κ1) is 13.1. The van der Waals surface area contributed by atoms with E-state index in [1.807, 2.05) is 18.5 Å². The van der Waals surface area contributed by atoms with E-state index in [-0.39, 0.29) is 0 Å². The van der Waals surface area contributed by atoms with E-state index in [2.05, 4.69) is 33.3 Å². The van der Waals surface area contributed by atoms with Gasteiger partial charge >= 0.3 is 0 Å². The van der Waals surface area contributed by atoms with E-state index in [1.54, 1.807) is 0 Å². The van der Waals surface area contributed by atoms with Crippen LogP contribution in [0.15, 0.2) is 25.0 Å². The number of rotatable bonds is 6. The van der Waals surface area contributed by atoms with Crippen molar-refractivity contribution in [2.45, 2.75) is 13.0 Å². The molecule has 1 aromatic heterocycles. The van der Waals surface area contributed by atoms with E-state index in [4.69, 9.17) is 4.74 Å². The van der Waals surface area contributed by atoms with Crippen LogP contribution in [-0.2, 0) is 4.74 Å². The van der Waals surface area contributed by atoms with E-state index >= 15 is 0 Å². The Morgan fingerprint density at radius 3 is 3.06 bits per heavy atom. The normalized spacial score (nSPS) is 18.5. The summed E-state index contributed by atoms with van der Waals surface area (Å²) in [6.07, 6.45) is 5.70. The van der Waals surface area contributed by atoms with Crippen LogP contribution in [0.25, 0.3) is 0 Å². The second-order valence-corrected chi connectivity index (χ2v) is 4.59. The molecule has 1 aliphatic rings. The topological polar surface area (TPSA) is 42.3 Å². The van der Waals surface area contributed by atoms with Crippen LogP contribution in [0.3, 0.4) is 0 Å². The van der Waals surface area contributed by atoms with Gasteiger partial charge in [-0.15, -0.1) is 6.58 Å². The van der Waals surface area contributed by atoms with Crippen LogP contribution < -0.4 is 5.32 Å². The summed E-state index contributed by atoms with van der Waals surface area (Å²) in [4.78, 5) is 6.76. The van der Waals surface area contributed by atoms with E-state index < -0.39 is 0 Å². The van der Waals surface area contributed by atoms with Crippen LogP contribution in [0.2, 0.25) is 0 Å². The quantitative estimate of drug-likeness (QED) is 0.774. The van der Waals surface area contributed by atoms with Crippen molar-refractivity contribution in [3.8, 4) is 0 Å². The Bertz CT molecular complexity index is 371. The molecule has 1 N–H and O–H groups in total. The summed E-state index contributed by atoms with van der Waals surface area (Å²) in [6, 6.07) is 0.401. The lowest BCUT2D eigenvalue weighted by Crippen LogP contribution is -2.39. The molecule has 1 unspecified atom stereocenters. The summed E-state index contributed by atoms with van der Waals surface area (Å²) in [6.45, 7) is 11.4. The Labute approximate surface area is 108 Å². The number of nitrogens with one attached hydrogen (secondary N) is 1. The minimum absolute atomic E-state index is 0.401. The van der Waals surface area contributed by atoms with Crippen molar-refractivity contribution in [2.75, 3.05) is 44.7 Å². The molecule has 1 saturated heterocycles. The molecule has 0 bridgehead atoms. The molecule has 1 fully saturated rings. The van der Waals surface area contributed by atoms with Crippen LogP contribution in [0.1, 0.15) is 13.0 Å². The summed E-state index contributed by atoms with van der Waals surface area (Å²) >= 11 is 0. The molecular weight excluding hydrogens is 228 g/mol. The van der Waals surface area contributed by atoms with E-state index in [9.17, 15) is 0 Å². The van der Waals surface area contributed by atoms with Crippen LogP contribution in [0, 0.1) is 0 Å². The van der Waals surface area contributed by atoms with Crippen LogP contribution >= 0.6 is 0 Å². The summed E-state index contributed by atoms with van der Waals surface area (Å²) in [5.41, 5.74) is 0.